The summed E-state index contributed by atoms with van der Waals surface area (Å²) >= 11 is 0. The van der Waals surface area contributed by atoms with Gasteiger partial charge in [-0.15, -0.1) is 0 Å². The largest absolute Gasteiger partial charge is 0.454 e. The summed E-state index contributed by atoms with van der Waals surface area (Å²) < 4.78 is 32.2. The van der Waals surface area contributed by atoms with Crippen LogP contribution in [0.1, 0.15) is 46.0 Å². The number of carbonyl (C=O) groups is 2. The van der Waals surface area contributed by atoms with Gasteiger partial charge in [0.05, 0.1) is 13.2 Å². The molecule has 10 atom stereocenters. The average molecular weight is 541 g/mol. The van der Waals surface area contributed by atoms with Crippen molar-refractivity contribution in [1.82, 2.24) is 0 Å². The van der Waals surface area contributed by atoms with Crippen molar-refractivity contribution in [1.29, 1.82) is 0 Å². The van der Waals surface area contributed by atoms with Crippen molar-refractivity contribution in [3.05, 3.63) is 0 Å². The molecule has 0 aromatic rings. The second-order valence-electron chi connectivity index (χ2n) is 8.95. The normalized spacial score (nSPS) is 36.2. The van der Waals surface area contributed by atoms with Crippen LogP contribution in [0.4, 0.5) is 0 Å². The van der Waals surface area contributed by atoms with Gasteiger partial charge in [-0.25, -0.2) is 0 Å². The first kappa shape index (κ1) is 31.8. The standard InChI is InChI=1S/C23H40O14/c1-3-5-7-32-22-20(18(30)16(28)12(10-24)34-22)36-14(26)9-15(27)37-21-19(31)17(29)13(11-25)35-23(21)33-8-6-4-2/h12-13,16-25,28-31H,3-11H2,1-2H3/t12-,13-,16-,17-,18+,19+,20-,21-,22+,23+/m1/s1. The molecule has 14 heteroatoms. The summed E-state index contributed by atoms with van der Waals surface area (Å²) in [6, 6.07) is 0. The quantitative estimate of drug-likeness (QED) is 0.0778. The smallest absolute Gasteiger partial charge is 0.317 e. The third-order valence-electron chi connectivity index (χ3n) is 6.03. The second-order valence-corrected chi connectivity index (χ2v) is 8.95. The molecule has 0 aliphatic carbocycles. The number of aliphatic hydroxyl groups is 6. The summed E-state index contributed by atoms with van der Waals surface area (Å²) in [7, 11) is 0. The molecule has 0 spiro atoms. The van der Waals surface area contributed by atoms with Crippen molar-refractivity contribution in [2.24, 2.45) is 0 Å². The Balaban J connectivity index is 2.02. The highest BCUT2D eigenvalue weighted by molar-refractivity contribution is 5.91. The maximum atomic E-state index is 12.5. The van der Waals surface area contributed by atoms with Crippen LogP contribution in [0, 0.1) is 0 Å². The number of aliphatic hydroxyl groups excluding tert-OH is 6. The fraction of sp³-hybridized carbons (Fsp3) is 0.913. The molecule has 216 valence electrons. The number of rotatable bonds is 14. The Hall–Kier alpha value is -1.46. The molecular formula is C23H40O14. The monoisotopic (exact) mass is 540 g/mol. The molecule has 0 unspecified atom stereocenters. The number of ether oxygens (including phenoxy) is 6. The van der Waals surface area contributed by atoms with Crippen molar-refractivity contribution in [2.45, 2.75) is 107 Å². The van der Waals surface area contributed by atoms with E-state index >= 15 is 0 Å². The maximum Gasteiger partial charge on any atom is 0.317 e. The van der Waals surface area contributed by atoms with Crippen LogP contribution in [0.2, 0.25) is 0 Å². The zero-order valence-corrected chi connectivity index (χ0v) is 21.1. The van der Waals surface area contributed by atoms with E-state index in [9.17, 15) is 40.2 Å². The molecule has 37 heavy (non-hydrogen) atoms. The van der Waals surface area contributed by atoms with Crippen LogP contribution in [0.15, 0.2) is 0 Å². The van der Waals surface area contributed by atoms with Crippen LogP contribution < -0.4 is 0 Å². The number of esters is 2. The van der Waals surface area contributed by atoms with Crippen LogP contribution in [-0.4, -0.2) is 130 Å². The van der Waals surface area contributed by atoms with Gasteiger partial charge in [-0.05, 0) is 12.8 Å². The number of carbonyl (C=O) groups excluding carboxylic acids is 2. The van der Waals surface area contributed by atoms with E-state index in [-0.39, 0.29) is 13.2 Å². The molecule has 2 aliphatic heterocycles. The molecule has 0 saturated carbocycles. The lowest BCUT2D eigenvalue weighted by atomic mass is 9.99. The van der Waals surface area contributed by atoms with Crippen molar-refractivity contribution in [3.8, 4) is 0 Å². The SMILES string of the molecule is CCCCO[C@H]1O[C@H](CO)[C@@H](O)[C@H](O)[C@H]1OC(=O)CC(=O)O[C@H]1[C@@H](OCCCC)O[C@H](CO)[C@@H](O)[C@@H]1O. The van der Waals surface area contributed by atoms with E-state index in [1.165, 1.54) is 0 Å². The molecule has 2 fully saturated rings. The predicted octanol–water partition coefficient (Wildman–Crippen LogP) is -2.29. The Morgan fingerprint density at radius 1 is 0.676 bits per heavy atom. The van der Waals surface area contributed by atoms with Crippen molar-refractivity contribution < 1.29 is 68.6 Å². The minimum absolute atomic E-state index is 0.189. The van der Waals surface area contributed by atoms with E-state index in [4.69, 9.17) is 28.4 Å². The van der Waals surface area contributed by atoms with Crippen LogP contribution in [-0.2, 0) is 38.0 Å². The van der Waals surface area contributed by atoms with Gasteiger partial charge < -0.3 is 59.1 Å². The lowest BCUT2D eigenvalue weighted by molar-refractivity contribution is -0.306. The highest BCUT2D eigenvalue weighted by atomic mass is 16.7. The van der Waals surface area contributed by atoms with Gasteiger partial charge in [-0.3, -0.25) is 9.59 Å². The maximum absolute atomic E-state index is 12.5. The van der Waals surface area contributed by atoms with E-state index < -0.39 is 93.0 Å². The number of hydrogen-bond acceptors (Lipinski definition) is 14. The molecule has 0 radical (unpaired) electrons. The molecule has 0 aromatic heterocycles. The molecule has 6 N–H and O–H groups in total. The first-order valence-corrected chi connectivity index (χ1v) is 12.5. The van der Waals surface area contributed by atoms with Crippen LogP contribution in [0.3, 0.4) is 0 Å². The molecule has 2 aliphatic rings. The third kappa shape index (κ3) is 8.78. The molecule has 0 aromatic carbocycles. The molecule has 0 bridgehead atoms. The summed E-state index contributed by atoms with van der Waals surface area (Å²) in [6.07, 6.45) is -12.6. The van der Waals surface area contributed by atoms with E-state index in [0.717, 1.165) is 12.8 Å². The van der Waals surface area contributed by atoms with E-state index in [0.29, 0.717) is 12.8 Å². The van der Waals surface area contributed by atoms with E-state index in [1.54, 1.807) is 0 Å². The molecule has 14 nitrogen and oxygen atoms in total. The van der Waals surface area contributed by atoms with Crippen molar-refractivity contribution in [2.75, 3.05) is 26.4 Å². The van der Waals surface area contributed by atoms with Gasteiger partial charge in [-0.2, -0.15) is 0 Å². The summed E-state index contributed by atoms with van der Waals surface area (Å²) in [5.41, 5.74) is 0. The Bertz CT molecular complexity index is 636. The third-order valence-corrected chi connectivity index (χ3v) is 6.03. The number of hydrogen-bond donors (Lipinski definition) is 6. The first-order chi connectivity index (χ1) is 17.7. The predicted molar refractivity (Wildman–Crippen MR) is 122 cm³/mol. The van der Waals surface area contributed by atoms with Gasteiger partial charge >= 0.3 is 11.9 Å². The Kier molecular flexibility index (Phi) is 13.6. The van der Waals surface area contributed by atoms with Gasteiger partial charge in [0.25, 0.3) is 0 Å². The van der Waals surface area contributed by atoms with Crippen LogP contribution in [0.25, 0.3) is 0 Å². The van der Waals surface area contributed by atoms with E-state index in [1.807, 2.05) is 13.8 Å². The van der Waals surface area contributed by atoms with Crippen molar-refractivity contribution in [3.63, 3.8) is 0 Å². The summed E-state index contributed by atoms with van der Waals surface area (Å²) in [5, 5.41) is 59.9. The molecule has 2 heterocycles. The second kappa shape index (κ2) is 15.8. The summed E-state index contributed by atoms with van der Waals surface area (Å²) in [5.74, 6) is -2.31. The fourth-order valence-electron chi connectivity index (χ4n) is 3.82. The highest BCUT2D eigenvalue weighted by Crippen LogP contribution is 2.27. The zero-order chi connectivity index (χ0) is 27.5. The highest BCUT2D eigenvalue weighted by Gasteiger charge is 2.49. The Morgan fingerprint density at radius 3 is 1.38 bits per heavy atom. The molecule has 2 rings (SSSR count). The topological polar surface area (TPSA) is 211 Å². The summed E-state index contributed by atoms with van der Waals surface area (Å²) in [6.45, 7) is 2.98. The minimum atomic E-state index is -1.67. The minimum Gasteiger partial charge on any atom is -0.454 e. The van der Waals surface area contributed by atoms with Gasteiger partial charge in [0, 0.05) is 13.2 Å². The van der Waals surface area contributed by atoms with Gasteiger partial charge in [0.15, 0.2) is 24.8 Å². The van der Waals surface area contributed by atoms with Gasteiger partial charge in [0.1, 0.15) is 43.0 Å². The average Bonchev–Trinajstić information content (AvgIpc) is 2.87. The van der Waals surface area contributed by atoms with Crippen LogP contribution in [0.5, 0.6) is 0 Å². The molecular weight excluding hydrogens is 500 g/mol. The van der Waals surface area contributed by atoms with Gasteiger partial charge in [-0.1, -0.05) is 26.7 Å². The molecule has 0 amide bonds. The van der Waals surface area contributed by atoms with Crippen molar-refractivity contribution >= 4 is 11.9 Å². The first-order valence-electron chi connectivity index (χ1n) is 12.5. The van der Waals surface area contributed by atoms with Gasteiger partial charge in [0.2, 0.25) is 0 Å². The van der Waals surface area contributed by atoms with Crippen LogP contribution >= 0.6 is 0 Å². The summed E-state index contributed by atoms with van der Waals surface area (Å²) in [4.78, 5) is 25.0. The molecule has 2 saturated heterocycles. The lowest BCUT2D eigenvalue weighted by Crippen LogP contribution is -2.61. The zero-order valence-electron chi connectivity index (χ0n) is 21.1. The lowest BCUT2D eigenvalue weighted by Gasteiger charge is -2.41. The fourth-order valence-corrected chi connectivity index (χ4v) is 3.82. The Labute approximate surface area is 215 Å². The number of unbranched alkanes of at least 4 members (excludes halogenated alkanes) is 2. The van der Waals surface area contributed by atoms with E-state index in [2.05, 4.69) is 0 Å². The Morgan fingerprint density at radius 2 is 1.05 bits per heavy atom.